The average Bonchev–Trinajstić information content (AvgIpc) is 2.93. The van der Waals surface area contributed by atoms with Crippen molar-refractivity contribution in [2.45, 2.75) is 12.5 Å². The Bertz CT molecular complexity index is 814. The summed E-state index contributed by atoms with van der Waals surface area (Å²) in [5, 5.41) is 4.95. The molecule has 2 aromatic carbocycles. The van der Waals surface area contributed by atoms with Gasteiger partial charge in [0.15, 0.2) is 0 Å². The molecule has 1 aliphatic heterocycles. The maximum atomic E-state index is 13.1. The number of hydrogen-bond acceptors (Lipinski definition) is 2. The molecular weight excluding hydrogens is 352 g/mol. The minimum absolute atomic E-state index is 0.114. The summed E-state index contributed by atoms with van der Waals surface area (Å²) in [6.45, 7) is 0.414. The minimum atomic E-state index is -0.694. The van der Waals surface area contributed by atoms with Crippen LogP contribution >= 0.6 is 11.6 Å². The fraction of sp³-hybridized carbons (Fsp3) is 0.176. The molecule has 0 saturated carbocycles. The normalized spacial score (nSPS) is 16.8. The summed E-state index contributed by atoms with van der Waals surface area (Å²) >= 11 is 5.65. The van der Waals surface area contributed by atoms with Crippen LogP contribution in [0.1, 0.15) is 6.42 Å². The van der Waals surface area contributed by atoms with E-state index in [2.05, 4.69) is 10.6 Å². The van der Waals surface area contributed by atoms with Gasteiger partial charge in [0.25, 0.3) is 0 Å². The highest BCUT2D eigenvalue weighted by atomic mass is 35.5. The highest BCUT2D eigenvalue weighted by molar-refractivity contribution is 6.31. The van der Waals surface area contributed by atoms with Crippen LogP contribution in [0.4, 0.5) is 25.0 Å². The summed E-state index contributed by atoms with van der Waals surface area (Å²) < 4.78 is 26.1. The van der Waals surface area contributed by atoms with Crippen LogP contribution in [0.3, 0.4) is 0 Å². The van der Waals surface area contributed by atoms with Crippen LogP contribution in [0, 0.1) is 11.6 Å². The van der Waals surface area contributed by atoms with Gasteiger partial charge in [-0.1, -0.05) is 11.6 Å². The molecule has 2 aromatic rings. The first-order chi connectivity index (χ1) is 11.9. The molecule has 1 aliphatic rings. The Morgan fingerprint density at radius 2 is 1.88 bits per heavy atom. The number of carbonyl (C=O) groups excluding carboxylic acids is 2. The van der Waals surface area contributed by atoms with E-state index in [1.54, 1.807) is 0 Å². The summed E-state index contributed by atoms with van der Waals surface area (Å²) in [5.41, 5.74) is 0.881. The molecule has 0 bridgehead atoms. The van der Waals surface area contributed by atoms with Crippen molar-refractivity contribution in [1.82, 2.24) is 5.32 Å². The molecule has 130 valence electrons. The van der Waals surface area contributed by atoms with Gasteiger partial charge >= 0.3 is 6.03 Å². The van der Waals surface area contributed by atoms with Gasteiger partial charge in [-0.05, 0) is 48.9 Å². The monoisotopic (exact) mass is 365 g/mol. The van der Waals surface area contributed by atoms with Gasteiger partial charge in [-0.15, -0.1) is 0 Å². The van der Waals surface area contributed by atoms with Crippen molar-refractivity contribution in [2.24, 2.45) is 0 Å². The van der Waals surface area contributed by atoms with E-state index in [-0.39, 0.29) is 16.7 Å². The second kappa shape index (κ2) is 7.06. The molecule has 3 rings (SSSR count). The molecule has 0 aromatic heterocycles. The zero-order chi connectivity index (χ0) is 18.0. The van der Waals surface area contributed by atoms with E-state index in [0.29, 0.717) is 24.3 Å². The Morgan fingerprint density at radius 1 is 1.16 bits per heavy atom. The molecule has 3 amide bonds. The lowest BCUT2D eigenvalue weighted by Gasteiger charge is -2.17. The van der Waals surface area contributed by atoms with E-state index < -0.39 is 17.9 Å². The average molecular weight is 366 g/mol. The van der Waals surface area contributed by atoms with Crippen molar-refractivity contribution in [1.29, 1.82) is 0 Å². The number of carbonyl (C=O) groups is 2. The number of amides is 3. The second-order valence-corrected chi connectivity index (χ2v) is 5.94. The van der Waals surface area contributed by atoms with Crippen LogP contribution in [0.2, 0.25) is 5.02 Å². The number of anilines is 2. The molecule has 1 atom stereocenters. The third-order valence-electron chi connectivity index (χ3n) is 3.83. The first kappa shape index (κ1) is 17.2. The van der Waals surface area contributed by atoms with Crippen LogP contribution in [-0.4, -0.2) is 24.5 Å². The zero-order valence-electron chi connectivity index (χ0n) is 12.9. The lowest BCUT2D eigenvalue weighted by Crippen LogP contribution is -2.43. The first-order valence-corrected chi connectivity index (χ1v) is 7.91. The first-order valence-electron chi connectivity index (χ1n) is 7.53. The smallest absolute Gasteiger partial charge is 0.319 e. The Balaban J connectivity index is 1.61. The molecule has 1 fully saturated rings. The fourth-order valence-corrected chi connectivity index (χ4v) is 2.77. The predicted octanol–water partition coefficient (Wildman–Crippen LogP) is 3.55. The van der Waals surface area contributed by atoms with Crippen LogP contribution < -0.4 is 15.5 Å². The number of nitrogens with one attached hydrogen (secondary N) is 2. The van der Waals surface area contributed by atoms with Gasteiger partial charge in [0, 0.05) is 17.9 Å². The molecule has 0 radical (unpaired) electrons. The summed E-state index contributed by atoms with van der Waals surface area (Å²) in [4.78, 5) is 25.9. The molecule has 2 N–H and O–H groups in total. The third-order valence-corrected chi connectivity index (χ3v) is 4.12. The SMILES string of the molecule is O=C(Nc1ccc(F)c(Cl)c1)N[C@@H]1CCN(c2ccc(F)cc2)C1=O. The van der Waals surface area contributed by atoms with E-state index in [1.165, 1.54) is 41.3 Å². The van der Waals surface area contributed by atoms with Gasteiger partial charge in [-0.25, -0.2) is 13.6 Å². The fourth-order valence-electron chi connectivity index (χ4n) is 2.59. The number of nitrogens with zero attached hydrogens (tertiary/aromatic N) is 1. The molecular formula is C17H14ClF2N3O2. The molecule has 8 heteroatoms. The number of rotatable bonds is 3. The second-order valence-electron chi connectivity index (χ2n) is 5.53. The Hall–Kier alpha value is -2.67. The lowest BCUT2D eigenvalue weighted by atomic mass is 10.2. The summed E-state index contributed by atoms with van der Waals surface area (Å²) in [6, 6.07) is 8.05. The summed E-state index contributed by atoms with van der Waals surface area (Å²) in [6.07, 6.45) is 0.424. The van der Waals surface area contributed by atoms with Crippen LogP contribution in [0.15, 0.2) is 42.5 Å². The molecule has 0 spiro atoms. The van der Waals surface area contributed by atoms with Crippen molar-refractivity contribution in [3.8, 4) is 0 Å². The summed E-state index contributed by atoms with van der Waals surface area (Å²) in [7, 11) is 0. The van der Waals surface area contributed by atoms with Gasteiger partial charge in [-0.3, -0.25) is 4.79 Å². The predicted molar refractivity (Wildman–Crippen MR) is 90.7 cm³/mol. The van der Waals surface area contributed by atoms with E-state index >= 15 is 0 Å². The highest BCUT2D eigenvalue weighted by Crippen LogP contribution is 2.22. The number of hydrogen-bond donors (Lipinski definition) is 2. The molecule has 0 unspecified atom stereocenters. The largest absolute Gasteiger partial charge is 0.326 e. The third kappa shape index (κ3) is 3.88. The Labute approximate surface area is 147 Å². The maximum Gasteiger partial charge on any atom is 0.319 e. The van der Waals surface area contributed by atoms with Gasteiger partial charge < -0.3 is 15.5 Å². The number of urea groups is 1. The van der Waals surface area contributed by atoms with Gasteiger partial charge in [-0.2, -0.15) is 0 Å². The molecule has 25 heavy (non-hydrogen) atoms. The Kier molecular flexibility index (Phi) is 4.85. The number of halogens is 3. The Morgan fingerprint density at radius 3 is 2.56 bits per heavy atom. The van der Waals surface area contributed by atoms with Gasteiger partial charge in [0.1, 0.15) is 17.7 Å². The number of benzene rings is 2. The van der Waals surface area contributed by atoms with Crippen molar-refractivity contribution in [3.05, 3.63) is 59.1 Å². The molecule has 0 aliphatic carbocycles. The highest BCUT2D eigenvalue weighted by Gasteiger charge is 2.33. The van der Waals surface area contributed by atoms with Crippen LogP contribution in [0.5, 0.6) is 0 Å². The van der Waals surface area contributed by atoms with E-state index in [4.69, 9.17) is 11.6 Å². The summed E-state index contributed by atoms with van der Waals surface area (Å²) in [5.74, 6) is -1.25. The van der Waals surface area contributed by atoms with Crippen LogP contribution in [-0.2, 0) is 4.79 Å². The van der Waals surface area contributed by atoms with Gasteiger partial charge in [0.2, 0.25) is 5.91 Å². The van der Waals surface area contributed by atoms with Gasteiger partial charge in [0.05, 0.1) is 5.02 Å². The lowest BCUT2D eigenvalue weighted by molar-refractivity contribution is -0.118. The molecule has 5 nitrogen and oxygen atoms in total. The quantitative estimate of drug-likeness (QED) is 0.873. The van der Waals surface area contributed by atoms with Crippen molar-refractivity contribution < 1.29 is 18.4 Å². The maximum absolute atomic E-state index is 13.1. The molecule has 1 saturated heterocycles. The van der Waals surface area contributed by atoms with Crippen molar-refractivity contribution in [2.75, 3.05) is 16.8 Å². The zero-order valence-corrected chi connectivity index (χ0v) is 13.7. The van der Waals surface area contributed by atoms with E-state index in [1.807, 2.05) is 0 Å². The van der Waals surface area contributed by atoms with Crippen LogP contribution in [0.25, 0.3) is 0 Å². The van der Waals surface area contributed by atoms with Crippen molar-refractivity contribution in [3.63, 3.8) is 0 Å². The standard InChI is InChI=1S/C17H14ClF2N3O2/c18-13-9-11(3-6-14(13)20)21-17(25)22-15-7-8-23(16(15)24)12-4-1-10(19)2-5-12/h1-6,9,15H,7-8H2,(H2,21,22,25)/t15-/m1/s1. The topological polar surface area (TPSA) is 61.4 Å². The van der Waals surface area contributed by atoms with E-state index in [0.717, 1.165) is 6.07 Å². The van der Waals surface area contributed by atoms with E-state index in [9.17, 15) is 18.4 Å². The van der Waals surface area contributed by atoms with Crippen molar-refractivity contribution >= 4 is 34.9 Å². The molecule has 1 heterocycles. The minimum Gasteiger partial charge on any atom is -0.326 e.